The lowest BCUT2D eigenvalue weighted by atomic mass is 10.2. The second-order valence-electron chi connectivity index (χ2n) is 4.94. The number of guanidine groups is 1. The molecule has 0 radical (unpaired) electrons. The third-order valence-corrected chi connectivity index (χ3v) is 4.55. The molecule has 2 rings (SSSR count). The summed E-state index contributed by atoms with van der Waals surface area (Å²) in [6, 6.07) is 4.01. The monoisotopic (exact) mass is 445 g/mol. The molecule has 23 heavy (non-hydrogen) atoms. The van der Waals surface area contributed by atoms with Crippen molar-refractivity contribution in [3.63, 3.8) is 0 Å². The quantitative estimate of drug-likeness (QED) is 0.408. The Hall–Kier alpha value is -1.22. The smallest absolute Gasteiger partial charge is 0.191 e. The van der Waals surface area contributed by atoms with Crippen molar-refractivity contribution in [2.45, 2.75) is 33.2 Å². The molecule has 0 atom stereocenters. The van der Waals surface area contributed by atoms with Crippen molar-refractivity contribution < 1.29 is 0 Å². The van der Waals surface area contributed by atoms with E-state index in [2.05, 4.69) is 45.5 Å². The Morgan fingerprint density at radius 1 is 1.30 bits per heavy atom. The van der Waals surface area contributed by atoms with Gasteiger partial charge >= 0.3 is 0 Å². The van der Waals surface area contributed by atoms with Crippen molar-refractivity contribution in [3.05, 3.63) is 45.7 Å². The number of hydrogen-bond donors (Lipinski definition) is 2. The number of pyridine rings is 1. The van der Waals surface area contributed by atoms with Gasteiger partial charge in [0.1, 0.15) is 0 Å². The van der Waals surface area contributed by atoms with E-state index in [4.69, 9.17) is 0 Å². The summed E-state index contributed by atoms with van der Waals surface area (Å²) < 4.78 is 0. The molecular weight excluding hydrogens is 421 g/mol. The van der Waals surface area contributed by atoms with Crippen LogP contribution in [0.2, 0.25) is 0 Å². The summed E-state index contributed by atoms with van der Waals surface area (Å²) >= 11 is 1.78. The molecule has 0 saturated heterocycles. The van der Waals surface area contributed by atoms with Crippen molar-refractivity contribution in [1.82, 2.24) is 20.6 Å². The summed E-state index contributed by atoms with van der Waals surface area (Å²) in [4.78, 5) is 14.4. The van der Waals surface area contributed by atoms with Crippen molar-refractivity contribution in [2.75, 3.05) is 13.6 Å². The first-order chi connectivity index (χ1) is 10.7. The molecule has 7 heteroatoms. The van der Waals surface area contributed by atoms with Crippen LogP contribution in [0, 0.1) is 6.92 Å². The molecule has 0 fully saturated rings. The van der Waals surface area contributed by atoms with Crippen molar-refractivity contribution >= 4 is 41.3 Å². The van der Waals surface area contributed by atoms with Crippen LogP contribution in [-0.4, -0.2) is 29.5 Å². The zero-order chi connectivity index (χ0) is 15.8. The third-order valence-electron chi connectivity index (χ3n) is 3.35. The molecule has 126 valence electrons. The minimum Gasteiger partial charge on any atom is -0.356 e. The van der Waals surface area contributed by atoms with Gasteiger partial charge in [0, 0.05) is 37.3 Å². The van der Waals surface area contributed by atoms with Crippen LogP contribution in [-0.2, 0) is 19.4 Å². The standard InChI is InChI=1S/C16H23N5S.HI/c1-4-13-10-20-15(22-13)7-9-19-16(17-3)21-11-14-12(2)6-5-8-18-14;/h5-6,8,10H,4,7,9,11H2,1-3H3,(H2,17,19,21);1H. The van der Waals surface area contributed by atoms with Crippen LogP contribution in [0.25, 0.3) is 0 Å². The van der Waals surface area contributed by atoms with E-state index < -0.39 is 0 Å². The molecule has 2 aromatic heterocycles. The van der Waals surface area contributed by atoms with Crippen molar-refractivity contribution in [2.24, 2.45) is 4.99 Å². The molecule has 0 unspecified atom stereocenters. The highest BCUT2D eigenvalue weighted by molar-refractivity contribution is 14.0. The van der Waals surface area contributed by atoms with Gasteiger partial charge in [-0.2, -0.15) is 0 Å². The summed E-state index contributed by atoms with van der Waals surface area (Å²) in [5.74, 6) is 0.789. The minimum atomic E-state index is 0. The summed E-state index contributed by atoms with van der Waals surface area (Å²) in [5.41, 5.74) is 2.22. The maximum Gasteiger partial charge on any atom is 0.191 e. The number of halogens is 1. The largest absolute Gasteiger partial charge is 0.356 e. The van der Waals surface area contributed by atoms with Crippen LogP contribution in [0.5, 0.6) is 0 Å². The molecule has 0 spiro atoms. The predicted molar refractivity (Wildman–Crippen MR) is 108 cm³/mol. The average Bonchev–Trinajstić information content (AvgIpc) is 3.00. The summed E-state index contributed by atoms with van der Waals surface area (Å²) in [6.45, 7) is 5.70. The Balaban J connectivity index is 0.00000264. The van der Waals surface area contributed by atoms with Gasteiger partial charge in [0.15, 0.2) is 5.96 Å². The second-order valence-corrected chi connectivity index (χ2v) is 6.14. The number of aromatic nitrogens is 2. The average molecular weight is 445 g/mol. The lowest BCUT2D eigenvalue weighted by Crippen LogP contribution is -2.38. The fraction of sp³-hybridized carbons (Fsp3) is 0.438. The first-order valence-corrected chi connectivity index (χ1v) is 8.33. The van der Waals surface area contributed by atoms with Crippen LogP contribution < -0.4 is 10.6 Å². The number of hydrogen-bond acceptors (Lipinski definition) is 4. The third kappa shape index (κ3) is 6.42. The lowest BCUT2D eigenvalue weighted by molar-refractivity contribution is 0.778. The predicted octanol–water partition coefficient (Wildman–Crippen LogP) is 2.93. The summed E-state index contributed by atoms with van der Waals surface area (Å²) in [6.07, 6.45) is 5.75. The first-order valence-electron chi connectivity index (χ1n) is 7.51. The van der Waals surface area contributed by atoms with E-state index in [1.54, 1.807) is 18.4 Å². The van der Waals surface area contributed by atoms with E-state index in [-0.39, 0.29) is 24.0 Å². The van der Waals surface area contributed by atoms with Crippen molar-refractivity contribution in [3.8, 4) is 0 Å². The maximum absolute atomic E-state index is 4.42. The number of thiazole rings is 1. The molecule has 0 amide bonds. The van der Waals surface area contributed by atoms with Crippen LogP contribution in [0.1, 0.15) is 28.1 Å². The Morgan fingerprint density at radius 2 is 2.13 bits per heavy atom. The molecule has 2 N–H and O–H groups in total. The highest BCUT2D eigenvalue weighted by atomic mass is 127. The molecule has 0 aliphatic rings. The van der Waals surface area contributed by atoms with E-state index in [1.165, 1.54) is 15.4 Å². The van der Waals surface area contributed by atoms with Gasteiger partial charge in [0.05, 0.1) is 17.2 Å². The summed E-state index contributed by atoms with van der Waals surface area (Å²) in [5, 5.41) is 7.77. The normalized spacial score (nSPS) is 11.0. The number of rotatable bonds is 6. The highest BCUT2D eigenvalue weighted by Gasteiger charge is 2.03. The Kier molecular flexibility index (Phi) is 9.08. The van der Waals surface area contributed by atoms with Gasteiger partial charge in [-0.25, -0.2) is 4.98 Å². The zero-order valence-corrected chi connectivity index (χ0v) is 16.9. The van der Waals surface area contributed by atoms with Crippen LogP contribution in [0.3, 0.4) is 0 Å². The topological polar surface area (TPSA) is 62.2 Å². The number of nitrogens with one attached hydrogen (secondary N) is 2. The lowest BCUT2D eigenvalue weighted by Gasteiger charge is -2.12. The SMILES string of the molecule is CCc1cnc(CCNC(=NC)NCc2ncccc2C)s1.I. The molecule has 0 aliphatic heterocycles. The number of aryl methyl sites for hydroxylation is 2. The van der Waals surface area contributed by atoms with E-state index in [0.29, 0.717) is 6.54 Å². The van der Waals surface area contributed by atoms with Crippen molar-refractivity contribution in [1.29, 1.82) is 0 Å². The molecule has 0 aliphatic carbocycles. The summed E-state index contributed by atoms with van der Waals surface area (Å²) in [7, 11) is 1.78. The van der Waals surface area contributed by atoms with Crippen LogP contribution >= 0.6 is 35.3 Å². The second kappa shape index (κ2) is 10.5. The number of aliphatic imine (C=N–C) groups is 1. The Bertz CT molecular complexity index is 626. The molecule has 2 aromatic rings. The Labute approximate surface area is 159 Å². The zero-order valence-electron chi connectivity index (χ0n) is 13.8. The molecule has 0 aromatic carbocycles. The molecule has 5 nitrogen and oxygen atoms in total. The fourth-order valence-corrected chi connectivity index (χ4v) is 2.87. The fourth-order valence-electron chi connectivity index (χ4n) is 2.01. The molecular formula is C16H24IN5S. The van der Waals surface area contributed by atoms with Gasteiger partial charge in [-0.15, -0.1) is 35.3 Å². The molecule has 0 bridgehead atoms. The minimum absolute atomic E-state index is 0. The van der Waals surface area contributed by atoms with Crippen LogP contribution in [0.15, 0.2) is 29.5 Å². The van der Waals surface area contributed by atoms with E-state index >= 15 is 0 Å². The van der Waals surface area contributed by atoms with Gasteiger partial charge in [-0.05, 0) is 25.0 Å². The van der Waals surface area contributed by atoms with Gasteiger partial charge in [0.25, 0.3) is 0 Å². The Morgan fingerprint density at radius 3 is 2.78 bits per heavy atom. The maximum atomic E-state index is 4.42. The molecule has 2 heterocycles. The highest BCUT2D eigenvalue weighted by Crippen LogP contribution is 2.13. The van der Waals surface area contributed by atoms with Gasteiger partial charge in [0.2, 0.25) is 0 Å². The van der Waals surface area contributed by atoms with Gasteiger partial charge < -0.3 is 10.6 Å². The number of nitrogens with zero attached hydrogens (tertiary/aromatic N) is 3. The van der Waals surface area contributed by atoms with E-state index in [0.717, 1.165) is 31.0 Å². The molecule has 0 saturated carbocycles. The van der Waals surface area contributed by atoms with E-state index in [1.807, 2.05) is 18.5 Å². The van der Waals surface area contributed by atoms with Gasteiger partial charge in [-0.3, -0.25) is 9.98 Å². The first kappa shape index (κ1) is 19.8. The van der Waals surface area contributed by atoms with E-state index in [9.17, 15) is 0 Å². The van der Waals surface area contributed by atoms with Crippen LogP contribution in [0.4, 0.5) is 0 Å². The van der Waals surface area contributed by atoms with Gasteiger partial charge in [-0.1, -0.05) is 13.0 Å².